The molecule has 22 heavy (non-hydrogen) atoms. The number of nitrogens with two attached hydrogens (primary N) is 1. The number of esters is 1. The molecule has 0 aromatic heterocycles. The van der Waals surface area contributed by atoms with E-state index in [1.54, 1.807) is 45.3 Å². The summed E-state index contributed by atoms with van der Waals surface area (Å²) in [5.74, 6) is 4.36. The molecule has 0 heterocycles. The van der Waals surface area contributed by atoms with Gasteiger partial charge >= 0.3 is 11.9 Å². The molecule has 7 nitrogen and oxygen atoms in total. The number of benzene rings is 1. The first-order valence-electron chi connectivity index (χ1n) is 6.51. The third-order valence-corrected chi connectivity index (χ3v) is 2.94. The van der Waals surface area contributed by atoms with Crippen LogP contribution in [-0.2, 0) is 19.9 Å². The Morgan fingerprint density at radius 1 is 1.32 bits per heavy atom. The lowest BCUT2D eigenvalue weighted by Gasteiger charge is -2.32. The Balaban J connectivity index is 3.02. The zero-order valence-electron chi connectivity index (χ0n) is 12.8. The van der Waals surface area contributed by atoms with Gasteiger partial charge in [0.1, 0.15) is 11.4 Å². The quantitative estimate of drug-likeness (QED) is 0.334. The molecule has 0 saturated carbocycles. The van der Waals surface area contributed by atoms with Crippen LogP contribution < -0.4 is 10.6 Å². The predicted molar refractivity (Wildman–Crippen MR) is 80.0 cm³/mol. The Kier molecular flexibility index (Phi) is 6.09. The molecule has 1 atom stereocenters. The molecule has 0 spiro atoms. The molecule has 1 rings (SSSR count). The molecule has 120 valence electrons. The summed E-state index contributed by atoms with van der Waals surface area (Å²) in [6.45, 7) is 1.93. The van der Waals surface area contributed by atoms with Crippen molar-refractivity contribution < 1.29 is 24.2 Å². The Bertz CT molecular complexity index is 554. The van der Waals surface area contributed by atoms with Crippen molar-refractivity contribution >= 4 is 11.9 Å². The van der Waals surface area contributed by atoms with Gasteiger partial charge in [0.2, 0.25) is 0 Å². The summed E-state index contributed by atoms with van der Waals surface area (Å²) in [5.41, 5.74) is -0.321. The van der Waals surface area contributed by atoms with Crippen LogP contribution in [0, 0.1) is 0 Å². The highest BCUT2D eigenvalue weighted by molar-refractivity contribution is 5.90. The van der Waals surface area contributed by atoms with Gasteiger partial charge in [0, 0.05) is 19.2 Å². The SMILES string of the molecule is COc1ccc(C(C)(CN(C)N)OC(=O)/C=C\C(=O)O)cc1. The van der Waals surface area contributed by atoms with E-state index in [1.165, 1.54) is 5.01 Å². The second-order valence-electron chi connectivity index (χ2n) is 4.97. The first kappa shape index (κ1) is 17.7. The maximum Gasteiger partial charge on any atom is 0.331 e. The van der Waals surface area contributed by atoms with E-state index in [-0.39, 0.29) is 6.54 Å². The lowest BCUT2D eigenvalue weighted by molar-refractivity contribution is -0.155. The molecule has 0 bridgehead atoms. The van der Waals surface area contributed by atoms with Crippen molar-refractivity contribution in [2.45, 2.75) is 12.5 Å². The maximum absolute atomic E-state index is 11.8. The van der Waals surface area contributed by atoms with Crippen LogP contribution in [0.2, 0.25) is 0 Å². The van der Waals surface area contributed by atoms with E-state index in [2.05, 4.69) is 0 Å². The standard InChI is InChI=1S/C15H20N2O5/c1-15(10-17(2)16,22-14(20)9-8-13(18)19)11-4-6-12(21-3)7-5-11/h4-9H,10,16H2,1-3H3,(H,18,19)/b9-8-. The van der Waals surface area contributed by atoms with E-state index >= 15 is 0 Å². The van der Waals surface area contributed by atoms with Gasteiger partial charge in [-0.2, -0.15) is 0 Å². The molecule has 7 heteroatoms. The highest BCUT2D eigenvalue weighted by Gasteiger charge is 2.31. The predicted octanol–water partition coefficient (Wildman–Crippen LogP) is 0.900. The smallest absolute Gasteiger partial charge is 0.331 e. The first-order valence-corrected chi connectivity index (χ1v) is 6.51. The van der Waals surface area contributed by atoms with Gasteiger partial charge in [0.15, 0.2) is 0 Å². The molecule has 1 aromatic rings. The molecule has 3 N–H and O–H groups in total. The second-order valence-corrected chi connectivity index (χ2v) is 4.97. The lowest BCUT2D eigenvalue weighted by atomic mass is 9.95. The number of methoxy groups -OCH3 is 1. The van der Waals surface area contributed by atoms with Crippen LogP contribution in [0.15, 0.2) is 36.4 Å². The third kappa shape index (κ3) is 5.19. The number of likely N-dealkylation sites (N-methyl/N-ethyl adjacent to an activating group) is 1. The number of hydrazine groups is 1. The first-order chi connectivity index (χ1) is 10.3. The number of aliphatic carboxylic acids is 1. The van der Waals surface area contributed by atoms with Crippen molar-refractivity contribution in [3.8, 4) is 5.75 Å². The molecule has 0 radical (unpaired) electrons. The number of rotatable bonds is 7. The van der Waals surface area contributed by atoms with Gasteiger partial charge in [-0.05, 0) is 24.6 Å². The van der Waals surface area contributed by atoms with Crippen LogP contribution in [0.4, 0.5) is 0 Å². The van der Waals surface area contributed by atoms with Crippen molar-refractivity contribution in [1.29, 1.82) is 0 Å². The number of hydrogen-bond donors (Lipinski definition) is 2. The summed E-state index contributed by atoms with van der Waals surface area (Å²) in [6, 6.07) is 7.00. The Hall–Kier alpha value is -2.38. The summed E-state index contributed by atoms with van der Waals surface area (Å²) < 4.78 is 10.5. The van der Waals surface area contributed by atoms with Crippen molar-refractivity contribution in [3.63, 3.8) is 0 Å². The summed E-state index contributed by atoms with van der Waals surface area (Å²) in [4.78, 5) is 22.2. The zero-order valence-corrected chi connectivity index (χ0v) is 12.8. The van der Waals surface area contributed by atoms with Crippen LogP contribution in [0.1, 0.15) is 12.5 Å². The second kappa shape index (κ2) is 7.58. The number of nitrogens with zero attached hydrogens (tertiary/aromatic N) is 1. The summed E-state index contributed by atoms with van der Waals surface area (Å²) >= 11 is 0. The monoisotopic (exact) mass is 308 g/mol. The minimum absolute atomic E-state index is 0.228. The van der Waals surface area contributed by atoms with Crippen LogP contribution in [-0.4, -0.2) is 42.8 Å². The number of carbonyl (C=O) groups is 2. The molecular weight excluding hydrogens is 288 g/mol. The minimum atomic E-state index is -1.22. The molecule has 0 aliphatic rings. The number of carboxylic acids is 1. The van der Waals surface area contributed by atoms with Gasteiger partial charge in [-0.3, -0.25) is 5.84 Å². The van der Waals surface area contributed by atoms with Crippen LogP contribution in [0.5, 0.6) is 5.75 Å². The average Bonchev–Trinajstić information content (AvgIpc) is 2.44. The highest BCUT2D eigenvalue weighted by Crippen LogP contribution is 2.28. The summed E-state index contributed by atoms with van der Waals surface area (Å²) in [5, 5.41) is 9.93. The van der Waals surface area contributed by atoms with E-state index in [9.17, 15) is 9.59 Å². The van der Waals surface area contributed by atoms with E-state index in [1.807, 2.05) is 0 Å². The van der Waals surface area contributed by atoms with E-state index in [0.29, 0.717) is 11.3 Å². The molecule has 1 unspecified atom stereocenters. The van der Waals surface area contributed by atoms with Crippen LogP contribution in [0.25, 0.3) is 0 Å². The molecule has 0 amide bonds. The Labute approximate surface area is 128 Å². The number of carboxylic acid groups (broad SMARTS) is 1. The van der Waals surface area contributed by atoms with Gasteiger partial charge in [-0.25, -0.2) is 14.6 Å². The molecule has 0 aliphatic heterocycles. The number of hydrogen-bond acceptors (Lipinski definition) is 6. The minimum Gasteiger partial charge on any atom is -0.497 e. The fourth-order valence-electron chi connectivity index (χ4n) is 2.00. The maximum atomic E-state index is 11.8. The van der Waals surface area contributed by atoms with Gasteiger partial charge < -0.3 is 14.6 Å². The molecule has 1 aromatic carbocycles. The summed E-state index contributed by atoms with van der Waals surface area (Å²) in [7, 11) is 3.20. The van der Waals surface area contributed by atoms with Crippen molar-refractivity contribution in [2.75, 3.05) is 20.7 Å². The largest absolute Gasteiger partial charge is 0.497 e. The van der Waals surface area contributed by atoms with E-state index in [0.717, 1.165) is 12.2 Å². The van der Waals surface area contributed by atoms with Crippen molar-refractivity contribution in [2.24, 2.45) is 5.84 Å². The van der Waals surface area contributed by atoms with E-state index in [4.69, 9.17) is 20.4 Å². The van der Waals surface area contributed by atoms with Gasteiger partial charge in [-0.15, -0.1) is 0 Å². The van der Waals surface area contributed by atoms with Gasteiger partial charge in [0.05, 0.1) is 13.7 Å². The molecular formula is C15H20N2O5. The van der Waals surface area contributed by atoms with Crippen LogP contribution >= 0.6 is 0 Å². The number of ether oxygens (including phenoxy) is 2. The van der Waals surface area contributed by atoms with Crippen molar-refractivity contribution in [1.82, 2.24) is 5.01 Å². The number of carbonyl (C=O) groups excluding carboxylic acids is 1. The molecule has 0 aliphatic carbocycles. The zero-order chi connectivity index (χ0) is 16.8. The van der Waals surface area contributed by atoms with Crippen molar-refractivity contribution in [3.05, 3.63) is 42.0 Å². The third-order valence-electron chi connectivity index (χ3n) is 2.94. The highest BCUT2D eigenvalue weighted by atomic mass is 16.6. The molecule has 0 fully saturated rings. The normalized spacial score (nSPS) is 13.9. The Morgan fingerprint density at radius 3 is 2.36 bits per heavy atom. The van der Waals surface area contributed by atoms with E-state index < -0.39 is 17.5 Å². The fourth-order valence-corrected chi connectivity index (χ4v) is 2.00. The average molecular weight is 308 g/mol. The van der Waals surface area contributed by atoms with Gasteiger partial charge in [-0.1, -0.05) is 12.1 Å². The molecule has 0 saturated heterocycles. The Morgan fingerprint density at radius 2 is 1.91 bits per heavy atom. The van der Waals surface area contributed by atoms with Crippen LogP contribution in [0.3, 0.4) is 0 Å². The summed E-state index contributed by atoms with van der Waals surface area (Å²) in [6.07, 6.45) is 1.59. The topological polar surface area (TPSA) is 102 Å². The fraction of sp³-hybridized carbons (Fsp3) is 0.333. The lowest BCUT2D eigenvalue weighted by Crippen LogP contribution is -2.43. The van der Waals surface area contributed by atoms with Gasteiger partial charge in [0.25, 0.3) is 0 Å².